The summed E-state index contributed by atoms with van der Waals surface area (Å²) in [7, 11) is 1.65. The monoisotopic (exact) mass is 317 g/mol. The zero-order valence-corrected chi connectivity index (χ0v) is 11.9. The van der Waals surface area contributed by atoms with E-state index in [9.17, 15) is 0 Å². The Morgan fingerprint density at radius 3 is 1.35 bits per heavy atom. The van der Waals surface area contributed by atoms with Crippen molar-refractivity contribution < 1.29 is 44.6 Å². The molecule has 0 N–H and O–H groups in total. The zero-order valence-electron chi connectivity index (χ0n) is 10.6. The molecule has 1 aromatic rings. The van der Waals surface area contributed by atoms with Crippen molar-refractivity contribution in [3.63, 3.8) is 0 Å². The second-order valence-corrected chi connectivity index (χ2v) is 2.44. The third-order valence-corrected chi connectivity index (χ3v) is 1.82. The summed E-state index contributed by atoms with van der Waals surface area (Å²) >= 11 is 2.84. The van der Waals surface area contributed by atoms with Gasteiger partial charge in [0.2, 0.25) is 0 Å². The van der Waals surface area contributed by atoms with Crippen LogP contribution < -0.4 is 0 Å². The second kappa shape index (κ2) is 43.6. The number of methoxy groups -OCH3 is 1. The molecule has 0 amide bonds. The van der Waals surface area contributed by atoms with E-state index in [4.69, 9.17) is 28.7 Å². The summed E-state index contributed by atoms with van der Waals surface area (Å²) < 4.78 is 5.83. The summed E-state index contributed by atoms with van der Waals surface area (Å²) in [6.45, 7) is 16.2. The molecule has 0 radical (unpaired) electrons. The molecule has 0 spiro atoms. The van der Waals surface area contributed by atoms with Crippen molar-refractivity contribution in [1.82, 2.24) is 0 Å². The number of hydrogen-bond donors (Lipinski definition) is 0. The molecule has 0 aliphatic rings. The summed E-state index contributed by atoms with van der Waals surface area (Å²) in [6, 6.07) is 9.93. The van der Waals surface area contributed by atoms with Crippen molar-refractivity contribution in [2.45, 2.75) is 0 Å². The minimum Gasteiger partial charge on any atom is -0.545 e. The molecule has 20 heavy (non-hydrogen) atoms. The molecule has 0 atom stereocenters. The molecule has 0 aliphatic heterocycles. The third-order valence-electron chi connectivity index (χ3n) is 1.19. The van der Waals surface area contributed by atoms with E-state index in [1.54, 1.807) is 7.11 Å². The van der Waals surface area contributed by atoms with E-state index >= 15 is 0 Å². The number of carbonyl (C=O) groups excluding carboxylic acids is 5. The minimum atomic E-state index is 0.834. The topological polar surface area (TPSA) is 94.6 Å². The molecule has 0 heterocycles. The summed E-state index contributed by atoms with van der Waals surface area (Å²) in [5, 5.41) is 0. The van der Waals surface area contributed by atoms with Crippen LogP contribution >= 0.6 is 0 Å². The standard InChI is InChI=1S/C8H8O.5CHO.Cr/c1-9-7-8-5-3-2-4-6-8;5*1-2;/h2-6H,1H3;5*1H;/q;5*-1;. The molecule has 0 saturated carbocycles. The Bertz CT molecular complexity index is 283. The molecule has 7 heteroatoms. The van der Waals surface area contributed by atoms with Gasteiger partial charge in [0.25, 0.3) is 0 Å². The van der Waals surface area contributed by atoms with Crippen LogP contribution in [0.4, 0.5) is 0 Å². The molecular formula is C13H13CrO6-5. The van der Waals surface area contributed by atoms with Crippen LogP contribution in [-0.2, 0) is 44.6 Å². The van der Waals surface area contributed by atoms with Crippen LogP contribution in [0.15, 0.2) is 30.3 Å². The number of ether oxygens (including phenoxy) is 1. The van der Waals surface area contributed by atoms with E-state index < -0.39 is 0 Å². The first kappa shape index (κ1) is 30.7. The molecule has 1 aromatic carbocycles. The molecule has 0 saturated heterocycles. The van der Waals surface area contributed by atoms with E-state index in [0.717, 1.165) is 10.1 Å². The Balaban J connectivity index is -0.0000000639. The van der Waals surface area contributed by atoms with E-state index in [1.165, 1.54) is 0 Å². The molecule has 0 unspecified atom stereocenters. The average Bonchev–Trinajstić information content (AvgIpc) is 2.63. The first-order chi connectivity index (χ1) is 9.84. The van der Waals surface area contributed by atoms with Crippen molar-refractivity contribution >= 4 is 38.5 Å². The first-order valence-electron chi connectivity index (χ1n) is 4.16. The van der Waals surface area contributed by atoms with Gasteiger partial charge in [-0.05, 0) is 0 Å². The fraction of sp³-hybridized carbons (Fsp3) is 0.0769. The van der Waals surface area contributed by atoms with Crippen LogP contribution in [0.1, 0.15) is 5.56 Å². The van der Waals surface area contributed by atoms with Crippen LogP contribution in [-0.4, -0.2) is 45.6 Å². The van der Waals surface area contributed by atoms with Crippen molar-refractivity contribution in [1.29, 1.82) is 0 Å². The van der Waals surface area contributed by atoms with Gasteiger partial charge < -0.3 is 24.0 Å². The van der Waals surface area contributed by atoms with Crippen LogP contribution in [0.2, 0.25) is 0 Å². The summed E-state index contributed by atoms with van der Waals surface area (Å²) in [6.07, 6.45) is 0. The molecule has 0 aliphatic carbocycles. The summed E-state index contributed by atoms with van der Waals surface area (Å²) in [5.74, 6) is 0. The van der Waals surface area contributed by atoms with E-state index in [1.807, 2.05) is 30.3 Å². The number of rotatable bonds is 2. The maximum atomic E-state index is 7.75. The van der Waals surface area contributed by atoms with Gasteiger partial charge in [-0.3, -0.25) is 33.9 Å². The van der Waals surface area contributed by atoms with Crippen LogP contribution in [0, 0.1) is 0 Å². The number of hydrogen-bond acceptors (Lipinski definition) is 6. The minimum absolute atomic E-state index is 0.834. The zero-order chi connectivity index (χ0) is 17.4. The van der Waals surface area contributed by atoms with Crippen LogP contribution in [0.5, 0.6) is 0 Å². The van der Waals surface area contributed by atoms with Gasteiger partial charge in [0.15, 0.2) is 0 Å². The summed E-state index contributed by atoms with van der Waals surface area (Å²) in [4.78, 5) is 38.8. The van der Waals surface area contributed by atoms with Gasteiger partial charge in [-0.1, -0.05) is 0 Å². The quantitative estimate of drug-likeness (QED) is 0.562. The molecule has 112 valence electrons. The normalized spacial score (nSPS) is 5.65. The maximum absolute atomic E-state index is 7.75. The van der Waals surface area contributed by atoms with E-state index in [-0.39, 0.29) is 0 Å². The third kappa shape index (κ3) is 25.0. The maximum Gasteiger partial charge on any atom is -0.282 e. The summed E-state index contributed by atoms with van der Waals surface area (Å²) in [5.41, 5.74) is 1.09. The van der Waals surface area contributed by atoms with Crippen molar-refractivity contribution in [3.05, 3.63) is 35.9 Å². The number of benzene rings is 1. The van der Waals surface area contributed by atoms with Gasteiger partial charge in [-0.15, -0.1) is 0 Å². The van der Waals surface area contributed by atoms with E-state index in [2.05, 4.69) is 49.8 Å². The Labute approximate surface area is 126 Å². The molecular weight excluding hydrogens is 304 g/mol. The van der Waals surface area contributed by atoms with Gasteiger partial charge >= 0.3 is 68.2 Å². The van der Waals surface area contributed by atoms with Gasteiger partial charge in [0.1, 0.15) is 0 Å². The average molecular weight is 317 g/mol. The molecule has 0 aromatic heterocycles. The fourth-order valence-electron chi connectivity index (χ4n) is 0.692. The van der Waals surface area contributed by atoms with Gasteiger partial charge in [-0.2, -0.15) is 0 Å². The molecule has 0 bridgehead atoms. The van der Waals surface area contributed by atoms with Crippen molar-refractivity contribution in [2.75, 3.05) is 7.11 Å². The Morgan fingerprint density at radius 2 is 1.10 bits per heavy atom. The second-order valence-electron chi connectivity index (χ2n) is 1.86. The van der Waals surface area contributed by atoms with Crippen molar-refractivity contribution in [3.8, 4) is 0 Å². The first-order valence-corrected chi connectivity index (χ1v) is 4.79. The van der Waals surface area contributed by atoms with Crippen molar-refractivity contribution in [2.24, 2.45) is 0 Å². The SMILES string of the molecule is CO[C](=[Cr])c1ccccc1.[CH-]=O.[CH-]=O.[CH-]=O.[CH-]=O.[CH-]=O. The van der Waals surface area contributed by atoms with Crippen LogP contribution in [0.25, 0.3) is 0 Å². The Hall–Kier alpha value is -2.07. The van der Waals surface area contributed by atoms with E-state index in [0.29, 0.717) is 0 Å². The smallest absolute Gasteiger partial charge is 0.282 e. The largest absolute Gasteiger partial charge is 0.545 e. The fourth-order valence-corrected chi connectivity index (χ4v) is 0.905. The predicted molar refractivity (Wildman–Crippen MR) is 71.3 cm³/mol. The van der Waals surface area contributed by atoms with Crippen LogP contribution in [0.3, 0.4) is 0 Å². The predicted octanol–water partition coefficient (Wildman–Crippen LogP) is -0.0127. The van der Waals surface area contributed by atoms with Gasteiger partial charge in [-0.25, -0.2) is 0 Å². The Morgan fingerprint density at radius 1 is 0.800 bits per heavy atom. The van der Waals surface area contributed by atoms with Gasteiger partial charge in [0.05, 0.1) is 0 Å². The molecule has 6 nitrogen and oxygen atoms in total. The van der Waals surface area contributed by atoms with Gasteiger partial charge in [0, 0.05) is 0 Å². The Kier molecular flexibility index (Phi) is 67.0. The molecule has 0 fully saturated rings. The molecule has 1 rings (SSSR count).